The summed E-state index contributed by atoms with van der Waals surface area (Å²) >= 11 is 17.8. The molecule has 30 heavy (non-hydrogen) atoms. The van der Waals surface area contributed by atoms with Gasteiger partial charge < -0.3 is 14.8 Å². The first kappa shape index (κ1) is 20.8. The average molecular weight is 464 g/mol. The highest BCUT2D eigenvalue weighted by Crippen LogP contribution is 2.39. The van der Waals surface area contributed by atoms with Crippen LogP contribution in [0.25, 0.3) is 0 Å². The van der Waals surface area contributed by atoms with E-state index in [4.69, 9.17) is 44.3 Å². The van der Waals surface area contributed by atoms with Crippen LogP contribution in [0, 0.1) is 0 Å². The Morgan fingerprint density at radius 1 is 1.17 bits per heavy atom. The summed E-state index contributed by atoms with van der Waals surface area (Å²) in [5.74, 6) is 1.48. The lowest BCUT2D eigenvalue weighted by molar-refractivity contribution is -0.113. The minimum absolute atomic E-state index is 0.111. The Morgan fingerprint density at radius 3 is 2.77 bits per heavy atom. The standard InChI is InChI=1S/C22H17Cl3N2O3/c23-11-21(28)27-15-3-8-22(26-12-15)29-16-4-7-19-13(9-16)1-6-20(30-19)17-5-2-14(24)10-18(17)25/h2-5,7-10,12,20H,1,6,11H2,(H,27,28). The number of amides is 1. The quantitative estimate of drug-likeness (QED) is 0.443. The molecule has 8 heteroatoms. The molecule has 2 heterocycles. The van der Waals surface area contributed by atoms with Crippen molar-refractivity contribution in [2.75, 3.05) is 11.2 Å². The molecule has 0 aliphatic carbocycles. The number of benzene rings is 2. The molecule has 1 aliphatic heterocycles. The van der Waals surface area contributed by atoms with Crippen molar-refractivity contribution in [1.82, 2.24) is 4.98 Å². The number of nitrogens with one attached hydrogen (secondary N) is 1. The Morgan fingerprint density at radius 2 is 2.03 bits per heavy atom. The van der Waals surface area contributed by atoms with Crippen LogP contribution >= 0.6 is 34.8 Å². The number of hydrogen-bond acceptors (Lipinski definition) is 4. The first-order valence-electron chi connectivity index (χ1n) is 9.26. The van der Waals surface area contributed by atoms with Gasteiger partial charge in [0.1, 0.15) is 23.5 Å². The van der Waals surface area contributed by atoms with Gasteiger partial charge in [0.15, 0.2) is 0 Å². The molecular weight excluding hydrogens is 447 g/mol. The summed E-state index contributed by atoms with van der Waals surface area (Å²) < 4.78 is 12.0. The fraction of sp³-hybridized carbons (Fsp3) is 0.182. The van der Waals surface area contributed by atoms with Gasteiger partial charge in [0.05, 0.1) is 11.9 Å². The van der Waals surface area contributed by atoms with Gasteiger partial charge in [-0.05, 0) is 54.8 Å². The number of carbonyl (C=O) groups is 1. The lowest BCUT2D eigenvalue weighted by Crippen LogP contribution is -2.15. The number of fused-ring (bicyclic) bond motifs is 1. The normalized spacial score (nSPS) is 15.1. The zero-order valence-corrected chi connectivity index (χ0v) is 18.0. The number of rotatable bonds is 5. The van der Waals surface area contributed by atoms with E-state index in [-0.39, 0.29) is 17.9 Å². The number of ether oxygens (including phenoxy) is 2. The van der Waals surface area contributed by atoms with E-state index in [1.807, 2.05) is 30.3 Å². The first-order valence-corrected chi connectivity index (χ1v) is 10.5. The third-order valence-corrected chi connectivity index (χ3v) is 5.46. The van der Waals surface area contributed by atoms with Crippen molar-refractivity contribution in [1.29, 1.82) is 0 Å². The molecular formula is C22H17Cl3N2O3. The van der Waals surface area contributed by atoms with Gasteiger partial charge in [-0.25, -0.2) is 4.98 Å². The number of aryl methyl sites for hydroxylation is 1. The van der Waals surface area contributed by atoms with E-state index in [2.05, 4.69) is 10.3 Å². The molecule has 1 amide bonds. The molecule has 154 valence electrons. The molecule has 1 aromatic heterocycles. The van der Waals surface area contributed by atoms with Crippen molar-refractivity contribution in [2.24, 2.45) is 0 Å². The Kier molecular flexibility index (Phi) is 6.32. The molecule has 3 aromatic rings. The minimum atomic E-state index is -0.292. The molecule has 5 nitrogen and oxygen atoms in total. The molecule has 0 spiro atoms. The van der Waals surface area contributed by atoms with E-state index in [9.17, 15) is 4.79 Å². The Bertz CT molecular complexity index is 1070. The topological polar surface area (TPSA) is 60.5 Å². The lowest BCUT2D eigenvalue weighted by atomic mass is 9.97. The predicted octanol–water partition coefficient (Wildman–Crippen LogP) is 6.42. The van der Waals surface area contributed by atoms with E-state index in [1.165, 1.54) is 6.20 Å². The predicted molar refractivity (Wildman–Crippen MR) is 118 cm³/mol. The van der Waals surface area contributed by atoms with Crippen molar-refractivity contribution < 1.29 is 14.3 Å². The Hall–Kier alpha value is -2.47. The summed E-state index contributed by atoms with van der Waals surface area (Å²) in [5.41, 5.74) is 2.54. The average Bonchev–Trinajstić information content (AvgIpc) is 2.75. The smallest absolute Gasteiger partial charge is 0.239 e. The van der Waals surface area contributed by atoms with Crippen molar-refractivity contribution in [3.8, 4) is 17.4 Å². The molecule has 1 N–H and O–H groups in total. The van der Waals surface area contributed by atoms with Crippen LogP contribution < -0.4 is 14.8 Å². The zero-order valence-electron chi connectivity index (χ0n) is 15.7. The zero-order chi connectivity index (χ0) is 21.1. The van der Waals surface area contributed by atoms with Gasteiger partial charge in [0, 0.05) is 21.7 Å². The third-order valence-electron chi connectivity index (χ3n) is 4.65. The monoisotopic (exact) mass is 462 g/mol. The number of halogens is 3. The van der Waals surface area contributed by atoms with Gasteiger partial charge in [-0.2, -0.15) is 0 Å². The molecule has 4 rings (SSSR count). The van der Waals surface area contributed by atoms with Crippen molar-refractivity contribution in [3.05, 3.63) is 75.9 Å². The maximum Gasteiger partial charge on any atom is 0.239 e. The van der Waals surface area contributed by atoms with Gasteiger partial charge in [-0.15, -0.1) is 11.6 Å². The lowest BCUT2D eigenvalue weighted by Gasteiger charge is -2.27. The van der Waals surface area contributed by atoms with E-state index in [1.54, 1.807) is 18.2 Å². The number of hydrogen-bond donors (Lipinski definition) is 1. The van der Waals surface area contributed by atoms with Crippen LogP contribution in [0.5, 0.6) is 17.4 Å². The second kappa shape index (κ2) is 9.13. The van der Waals surface area contributed by atoms with Crippen LogP contribution in [0.1, 0.15) is 23.7 Å². The largest absolute Gasteiger partial charge is 0.485 e. The molecule has 0 saturated carbocycles. The van der Waals surface area contributed by atoms with Gasteiger partial charge in [-0.3, -0.25) is 4.79 Å². The molecule has 1 atom stereocenters. The Labute approximate surface area is 188 Å². The summed E-state index contributed by atoms with van der Waals surface area (Å²) in [7, 11) is 0. The second-order valence-corrected chi connectivity index (χ2v) is 7.86. The minimum Gasteiger partial charge on any atom is -0.485 e. The highest BCUT2D eigenvalue weighted by atomic mass is 35.5. The van der Waals surface area contributed by atoms with Crippen molar-refractivity contribution >= 4 is 46.4 Å². The summed E-state index contributed by atoms with van der Waals surface area (Å²) in [6.45, 7) is 0. The van der Waals surface area contributed by atoms with Gasteiger partial charge in [0.25, 0.3) is 0 Å². The molecule has 0 saturated heterocycles. The SMILES string of the molecule is O=C(CCl)Nc1ccc(Oc2ccc3c(c2)CCC(c2ccc(Cl)cc2Cl)O3)nc1. The highest BCUT2D eigenvalue weighted by Gasteiger charge is 2.23. The van der Waals surface area contributed by atoms with Crippen LogP contribution in [-0.4, -0.2) is 16.8 Å². The molecule has 1 aliphatic rings. The number of pyridine rings is 1. The third kappa shape index (κ3) is 4.81. The molecule has 2 aromatic carbocycles. The number of carbonyl (C=O) groups excluding carboxylic acids is 1. The Balaban J connectivity index is 1.44. The van der Waals surface area contributed by atoms with E-state index in [0.717, 1.165) is 29.7 Å². The number of anilines is 1. The summed E-state index contributed by atoms with van der Waals surface area (Å²) in [6, 6.07) is 14.5. The molecule has 1 unspecified atom stereocenters. The van der Waals surface area contributed by atoms with Crippen molar-refractivity contribution in [3.63, 3.8) is 0 Å². The maximum atomic E-state index is 11.3. The molecule has 0 fully saturated rings. The van der Waals surface area contributed by atoms with Crippen molar-refractivity contribution in [2.45, 2.75) is 18.9 Å². The molecule has 0 bridgehead atoms. The summed E-state index contributed by atoms with van der Waals surface area (Å²) in [5, 5.41) is 3.83. The first-order chi connectivity index (χ1) is 14.5. The number of nitrogens with zero attached hydrogens (tertiary/aromatic N) is 1. The summed E-state index contributed by atoms with van der Waals surface area (Å²) in [4.78, 5) is 15.5. The van der Waals surface area contributed by atoms with E-state index < -0.39 is 0 Å². The summed E-state index contributed by atoms with van der Waals surface area (Å²) in [6.07, 6.45) is 3.02. The fourth-order valence-corrected chi connectivity index (χ4v) is 3.84. The van der Waals surface area contributed by atoms with E-state index >= 15 is 0 Å². The fourth-order valence-electron chi connectivity index (χ4n) is 3.24. The second-order valence-electron chi connectivity index (χ2n) is 6.75. The maximum absolute atomic E-state index is 11.3. The highest BCUT2D eigenvalue weighted by molar-refractivity contribution is 6.35. The van der Waals surface area contributed by atoms with Crippen LogP contribution in [-0.2, 0) is 11.2 Å². The van der Waals surface area contributed by atoms with Crippen LogP contribution in [0.4, 0.5) is 5.69 Å². The van der Waals surface area contributed by atoms with Gasteiger partial charge in [0.2, 0.25) is 11.8 Å². The van der Waals surface area contributed by atoms with Gasteiger partial charge >= 0.3 is 0 Å². The number of alkyl halides is 1. The number of aromatic nitrogens is 1. The van der Waals surface area contributed by atoms with Crippen LogP contribution in [0.3, 0.4) is 0 Å². The molecule has 0 radical (unpaired) electrons. The van der Waals surface area contributed by atoms with Crippen LogP contribution in [0.2, 0.25) is 10.0 Å². The van der Waals surface area contributed by atoms with E-state index in [0.29, 0.717) is 27.4 Å². The van der Waals surface area contributed by atoms with Gasteiger partial charge in [-0.1, -0.05) is 29.3 Å². The van der Waals surface area contributed by atoms with Crippen LogP contribution in [0.15, 0.2) is 54.7 Å².